The number of rotatable bonds is 5. The summed E-state index contributed by atoms with van der Waals surface area (Å²) in [5.41, 5.74) is 1.21. The fraction of sp³-hybridized carbons (Fsp3) is 0.333. The number of benzene rings is 2. The van der Waals surface area contributed by atoms with Gasteiger partial charge < -0.3 is 15.2 Å². The number of alkyl halides is 3. The largest absolute Gasteiger partial charge is 0.416 e. The Hall–Kier alpha value is -3.03. The average Bonchev–Trinajstić information content (AvgIpc) is 3.36. The molecule has 5 nitrogen and oxygen atoms in total. The van der Waals surface area contributed by atoms with Crippen LogP contribution in [0.1, 0.15) is 36.4 Å². The van der Waals surface area contributed by atoms with E-state index in [1.165, 1.54) is 6.07 Å². The summed E-state index contributed by atoms with van der Waals surface area (Å²) in [5.74, 6) is 0.344. The molecule has 4 rings (SSSR count). The van der Waals surface area contributed by atoms with Crippen LogP contribution in [0.3, 0.4) is 0 Å². The van der Waals surface area contributed by atoms with Crippen molar-refractivity contribution in [3.63, 3.8) is 0 Å². The number of para-hydroxylation sites is 2. The number of amides is 1. The van der Waals surface area contributed by atoms with Crippen molar-refractivity contribution in [3.8, 4) is 0 Å². The molecule has 152 valence electrons. The molecule has 8 heteroatoms. The summed E-state index contributed by atoms with van der Waals surface area (Å²) < 4.78 is 39.6. The fourth-order valence-corrected chi connectivity index (χ4v) is 3.64. The van der Waals surface area contributed by atoms with Crippen LogP contribution in [-0.2, 0) is 11.0 Å². The molecule has 1 amide bonds. The van der Waals surface area contributed by atoms with E-state index in [9.17, 15) is 18.0 Å². The standard InChI is InChI=1S/C21H21F3N4O/c22-21(23,24)15-7-5-6-14(12-15)18(13-19(29)28-10-3-4-11-28)27-20-25-16-8-1-2-9-17(16)26-20/h1-2,5-9,12,18H,3-4,10-11,13H2,(H2,25,26,27). The van der Waals surface area contributed by atoms with E-state index < -0.39 is 17.8 Å². The molecule has 2 N–H and O–H groups in total. The first-order valence-corrected chi connectivity index (χ1v) is 9.56. The number of carbonyl (C=O) groups is 1. The van der Waals surface area contributed by atoms with Crippen molar-refractivity contribution >= 4 is 22.9 Å². The van der Waals surface area contributed by atoms with Crippen LogP contribution < -0.4 is 5.32 Å². The van der Waals surface area contributed by atoms with E-state index in [2.05, 4.69) is 15.3 Å². The third-order valence-electron chi connectivity index (χ3n) is 5.15. The lowest BCUT2D eigenvalue weighted by molar-refractivity contribution is -0.137. The maximum atomic E-state index is 13.2. The maximum absolute atomic E-state index is 13.2. The molecule has 1 atom stereocenters. The minimum Gasteiger partial charge on any atom is -0.348 e. The molecule has 1 aromatic heterocycles. The normalized spacial score (nSPS) is 15.6. The molecule has 1 fully saturated rings. The predicted molar refractivity (Wildman–Crippen MR) is 104 cm³/mol. The Bertz CT molecular complexity index is 975. The second-order valence-electron chi connectivity index (χ2n) is 7.21. The smallest absolute Gasteiger partial charge is 0.348 e. The number of aromatic nitrogens is 2. The zero-order chi connectivity index (χ0) is 20.4. The van der Waals surface area contributed by atoms with Gasteiger partial charge in [-0.3, -0.25) is 4.79 Å². The molecule has 3 aromatic rings. The molecule has 1 aliphatic rings. The first kappa shape index (κ1) is 19.3. The topological polar surface area (TPSA) is 61.0 Å². The summed E-state index contributed by atoms with van der Waals surface area (Å²) in [6.07, 6.45) is -2.48. The lowest BCUT2D eigenvalue weighted by Gasteiger charge is -2.23. The molecule has 1 unspecified atom stereocenters. The molecule has 0 radical (unpaired) electrons. The molecule has 2 aromatic carbocycles. The van der Waals surface area contributed by atoms with Crippen LogP contribution in [0.4, 0.5) is 19.1 Å². The lowest BCUT2D eigenvalue weighted by atomic mass is 10.0. The van der Waals surface area contributed by atoms with Crippen LogP contribution >= 0.6 is 0 Å². The number of fused-ring (bicyclic) bond motifs is 1. The highest BCUT2D eigenvalue weighted by Gasteiger charge is 2.31. The highest BCUT2D eigenvalue weighted by molar-refractivity contribution is 5.79. The van der Waals surface area contributed by atoms with Crippen molar-refractivity contribution < 1.29 is 18.0 Å². The minimum atomic E-state index is -4.45. The summed E-state index contributed by atoms with van der Waals surface area (Å²) in [4.78, 5) is 22.0. The average molecular weight is 402 g/mol. The quantitative estimate of drug-likeness (QED) is 0.648. The molecular formula is C21H21F3N4O. The van der Waals surface area contributed by atoms with E-state index in [-0.39, 0.29) is 12.3 Å². The second-order valence-corrected chi connectivity index (χ2v) is 7.21. The number of nitrogens with one attached hydrogen (secondary N) is 2. The van der Waals surface area contributed by atoms with Gasteiger partial charge in [0.15, 0.2) is 0 Å². The van der Waals surface area contributed by atoms with Crippen molar-refractivity contribution in [2.75, 3.05) is 18.4 Å². The summed E-state index contributed by atoms with van der Waals surface area (Å²) >= 11 is 0. The molecule has 1 saturated heterocycles. The van der Waals surface area contributed by atoms with Crippen LogP contribution in [0, 0.1) is 0 Å². The number of anilines is 1. The number of imidazole rings is 1. The van der Waals surface area contributed by atoms with Crippen molar-refractivity contribution in [1.82, 2.24) is 14.9 Å². The van der Waals surface area contributed by atoms with Crippen LogP contribution in [0.25, 0.3) is 11.0 Å². The van der Waals surface area contributed by atoms with Gasteiger partial charge in [0.1, 0.15) is 0 Å². The zero-order valence-electron chi connectivity index (χ0n) is 15.7. The van der Waals surface area contributed by atoms with Crippen LogP contribution in [-0.4, -0.2) is 33.9 Å². The van der Waals surface area contributed by atoms with Gasteiger partial charge in [-0.2, -0.15) is 13.2 Å². The highest BCUT2D eigenvalue weighted by atomic mass is 19.4. The van der Waals surface area contributed by atoms with Crippen molar-refractivity contribution in [3.05, 3.63) is 59.7 Å². The van der Waals surface area contributed by atoms with Gasteiger partial charge in [0, 0.05) is 13.1 Å². The molecule has 0 spiro atoms. The maximum Gasteiger partial charge on any atom is 0.416 e. The van der Waals surface area contributed by atoms with E-state index >= 15 is 0 Å². The van der Waals surface area contributed by atoms with E-state index in [0.717, 1.165) is 36.0 Å². The molecule has 1 aliphatic heterocycles. The molecule has 0 saturated carbocycles. The van der Waals surface area contributed by atoms with Gasteiger partial charge in [-0.25, -0.2) is 4.98 Å². The highest BCUT2D eigenvalue weighted by Crippen LogP contribution is 2.32. The Morgan fingerprint density at radius 2 is 1.90 bits per heavy atom. The van der Waals surface area contributed by atoms with Crippen LogP contribution in [0.2, 0.25) is 0 Å². The third-order valence-corrected chi connectivity index (χ3v) is 5.15. The van der Waals surface area contributed by atoms with E-state index in [4.69, 9.17) is 0 Å². The number of nitrogens with zero attached hydrogens (tertiary/aromatic N) is 2. The third kappa shape index (κ3) is 4.36. The van der Waals surface area contributed by atoms with Gasteiger partial charge in [0.25, 0.3) is 0 Å². The van der Waals surface area contributed by atoms with Crippen molar-refractivity contribution in [2.24, 2.45) is 0 Å². The van der Waals surface area contributed by atoms with E-state index in [1.54, 1.807) is 11.0 Å². The van der Waals surface area contributed by atoms with Crippen LogP contribution in [0.5, 0.6) is 0 Å². The van der Waals surface area contributed by atoms with Gasteiger partial charge in [0.2, 0.25) is 11.9 Å². The van der Waals surface area contributed by atoms with Gasteiger partial charge in [-0.05, 0) is 42.7 Å². The Morgan fingerprint density at radius 3 is 2.62 bits per heavy atom. The minimum absolute atomic E-state index is 0.0539. The Morgan fingerprint density at radius 1 is 1.14 bits per heavy atom. The van der Waals surface area contributed by atoms with Gasteiger partial charge >= 0.3 is 6.18 Å². The first-order valence-electron chi connectivity index (χ1n) is 9.56. The summed E-state index contributed by atoms with van der Waals surface area (Å²) in [5, 5.41) is 3.14. The Kier molecular flexibility index (Phi) is 5.17. The van der Waals surface area contributed by atoms with Crippen LogP contribution in [0.15, 0.2) is 48.5 Å². The number of H-pyrrole nitrogens is 1. The summed E-state index contributed by atoms with van der Waals surface area (Å²) in [6.45, 7) is 1.39. The molecular weight excluding hydrogens is 381 g/mol. The number of likely N-dealkylation sites (tertiary alicyclic amines) is 1. The number of carbonyl (C=O) groups excluding carboxylic acids is 1. The fourth-order valence-electron chi connectivity index (χ4n) is 3.64. The lowest BCUT2D eigenvalue weighted by Crippen LogP contribution is -2.30. The van der Waals surface area contributed by atoms with Gasteiger partial charge in [-0.1, -0.05) is 24.3 Å². The second kappa shape index (κ2) is 7.77. The molecule has 2 heterocycles. The summed E-state index contributed by atoms with van der Waals surface area (Å²) in [7, 11) is 0. The first-order chi connectivity index (χ1) is 13.9. The van der Waals surface area contributed by atoms with E-state index in [0.29, 0.717) is 24.6 Å². The Balaban J connectivity index is 1.63. The zero-order valence-corrected chi connectivity index (χ0v) is 15.7. The molecule has 0 aliphatic carbocycles. The predicted octanol–water partition coefficient (Wildman–Crippen LogP) is 4.75. The SMILES string of the molecule is O=C(CC(Nc1nc2ccccc2[nH]1)c1cccc(C(F)(F)F)c1)N1CCCC1. The number of hydrogen-bond acceptors (Lipinski definition) is 3. The number of aromatic amines is 1. The Labute approximate surface area is 165 Å². The van der Waals surface area contributed by atoms with Crippen molar-refractivity contribution in [2.45, 2.75) is 31.5 Å². The van der Waals surface area contributed by atoms with Crippen molar-refractivity contribution in [1.29, 1.82) is 0 Å². The van der Waals surface area contributed by atoms with E-state index in [1.807, 2.05) is 24.3 Å². The molecule has 29 heavy (non-hydrogen) atoms. The summed E-state index contributed by atoms with van der Waals surface area (Å²) in [6, 6.07) is 11.9. The monoisotopic (exact) mass is 402 g/mol. The molecule has 0 bridgehead atoms. The number of halogens is 3. The number of hydrogen-bond donors (Lipinski definition) is 2. The van der Waals surface area contributed by atoms with Gasteiger partial charge in [-0.15, -0.1) is 0 Å². The van der Waals surface area contributed by atoms with Gasteiger partial charge in [0.05, 0.1) is 29.1 Å².